The molecule has 138 valence electrons. The van der Waals surface area contributed by atoms with Crippen molar-refractivity contribution in [3.05, 3.63) is 57.4 Å². The lowest BCUT2D eigenvalue weighted by molar-refractivity contribution is 0.0435. The lowest BCUT2D eigenvalue weighted by atomic mass is 10.1. The van der Waals surface area contributed by atoms with Crippen LogP contribution in [0.3, 0.4) is 0 Å². The molecule has 0 bridgehead atoms. The van der Waals surface area contributed by atoms with Crippen LogP contribution in [0.25, 0.3) is 11.3 Å². The molecule has 0 radical (unpaired) electrons. The molecule has 0 amide bonds. The van der Waals surface area contributed by atoms with Crippen molar-refractivity contribution in [3.63, 3.8) is 0 Å². The molecule has 2 aromatic carbocycles. The molecule has 0 aliphatic carbocycles. The third-order valence-corrected chi connectivity index (χ3v) is 5.44. The first-order valence-electron chi connectivity index (χ1n) is 8.04. The average molecular weight is 447 g/mol. The summed E-state index contributed by atoms with van der Waals surface area (Å²) in [5.41, 5.74) is 2.92. The maximum Gasteiger partial charge on any atom is 0.344 e. The zero-order valence-electron chi connectivity index (χ0n) is 14.5. The van der Waals surface area contributed by atoms with Gasteiger partial charge in [0, 0.05) is 21.0 Å². The van der Waals surface area contributed by atoms with Crippen LogP contribution in [0.5, 0.6) is 11.5 Å². The highest BCUT2D eigenvalue weighted by molar-refractivity contribution is 9.10. The van der Waals surface area contributed by atoms with Gasteiger partial charge in [0.25, 0.3) is 0 Å². The van der Waals surface area contributed by atoms with Crippen molar-refractivity contribution in [1.82, 2.24) is 4.98 Å². The third-order valence-electron chi connectivity index (χ3n) is 4.17. The summed E-state index contributed by atoms with van der Waals surface area (Å²) in [6.07, 6.45) is -0.631. The molecule has 27 heavy (non-hydrogen) atoms. The molecular weight excluding hydrogens is 432 g/mol. The SMILES string of the molecule is COc1ccc2c(c1OC)C(=O)O[C@@H]2Nc1nc(-c2cccc(Br)c2)cs1. The van der Waals surface area contributed by atoms with Gasteiger partial charge in [-0.05, 0) is 24.3 Å². The molecule has 0 saturated heterocycles. The Morgan fingerprint density at radius 3 is 2.81 bits per heavy atom. The molecule has 2 heterocycles. The van der Waals surface area contributed by atoms with Crippen molar-refractivity contribution in [1.29, 1.82) is 0 Å². The number of aromatic nitrogens is 1. The topological polar surface area (TPSA) is 69.7 Å². The monoisotopic (exact) mass is 446 g/mol. The largest absolute Gasteiger partial charge is 0.493 e. The molecule has 3 aromatic rings. The van der Waals surface area contributed by atoms with Crippen molar-refractivity contribution in [3.8, 4) is 22.8 Å². The van der Waals surface area contributed by atoms with Crippen molar-refractivity contribution >= 4 is 38.4 Å². The van der Waals surface area contributed by atoms with Crippen LogP contribution in [0.4, 0.5) is 5.13 Å². The maximum atomic E-state index is 12.4. The minimum absolute atomic E-state index is 0.373. The number of cyclic esters (lactones) is 1. The molecular formula is C19H15BrN2O4S. The van der Waals surface area contributed by atoms with Crippen LogP contribution in [-0.4, -0.2) is 25.2 Å². The Morgan fingerprint density at radius 1 is 1.22 bits per heavy atom. The zero-order valence-corrected chi connectivity index (χ0v) is 16.9. The van der Waals surface area contributed by atoms with E-state index in [1.165, 1.54) is 25.6 Å². The molecule has 0 unspecified atom stereocenters. The van der Waals surface area contributed by atoms with Gasteiger partial charge in [0.1, 0.15) is 5.56 Å². The number of anilines is 1. The number of halogens is 1. The number of nitrogens with one attached hydrogen (secondary N) is 1. The molecule has 1 aromatic heterocycles. The van der Waals surface area contributed by atoms with Crippen molar-refractivity contribution in [2.24, 2.45) is 0 Å². The van der Waals surface area contributed by atoms with E-state index in [0.717, 1.165) is 15.7 Å². The van der Waals surface area contributed by atoms with E-state index < -0.39 is 12.2 Å². The molecule has 1 N–H and O–H groups in total. The molecule has 8 heteroatoms. The number of methoxy groups -OCH3 is 2. The van der Waals surface area contributed by atoms with Crippen LogP contribution in [0, 0.1) is 0 Å². The first-order chi connectivity index (χ1) is 13.1. The maximum absolute atomic E-state index is 12.4. The van der Waals surface area contributed by atoms with Crippen molar-refractivity contribution < 1.29 is 19.0 Å². The number of thiazole rings is 1. The van der Waals surface area contributed by atoms with E-state index in [2.05, 4.69) is 26.2 Å². The standard InChI is InChI=1S/C19H15BrN2O4S/c1-24-14-7-6-12-15(16(14)25-2)18(23)26-17(12)22-19-21-13(9-27-19)10-4-3-5-11(20)8-10/h3-9,17H,1-2H3,(H,21,22)/t17-/m0/s1. The number of fused-ring (bicyclic) bond motifs is 1. The summed E-state index contributed by atoms with van der Waals surface area (Å²) in [6, 6.07) is 11.5. The number of ether oxygens (including phenoxy) is 3. The fraction of sp³-hybridized carbons (Fsp3) is 0.158. The second-order valence-corrected chi connectivity index (χ2v) is 7.52. The molecule has 4 rings (SSSR count). The van der Waals surface area contributed by atoms with Crippen molar-refractivity contribution in [2.45, 2.75) is 6.23 Å². The zero-order chi connectivity index (χ0) is 19.0. The molecule has 0 spiro atoms. The van der Waals surface area contributed by atoms with E-state index in [1.807, 2.05) is 29.6 Å². The highest BCUT2D eigenvalue weighted by Gasteiger charge is 2.36. The van der Waals surface area contributed by atoms with Crippen LogP contribution >= 0.6 is 27.3 Å². The van der Waals surface area contributed by atoms with Gasteiger partial charge in [-0.15, -0.1) is 11.3 Å². The van der Waals surface area contributed by atoms with Crippen molar-refractivity contribution in [2.75, 3.05) is 19.5 Å². The molecule has 1 atom stereocenters. The summed E-state index contributed by atoms with van der Waals surface area (Å²) in [7, 11) is 3.02. The van der Waals surface area contributed by atoms with E-state index in [-0.39, 0.29) is 0 Å². The fourth-order valence-corrected chi connectivity index (χ4v) is 4.08. The summed E-state index contributed by atoms with van der Waals surface area (Å²) >= 11 is 4.91. The Bertz CT molecular complexity index is 1020. The van der Waals surface area contributed by atoms with Gasteiger partial charge in [-0.25, -0.2) is 9.78 Å². The van der Waals surface area contributed by atoms with Crippen LogP contribution in [0.15, 0.2) is 46.3 Å². The van der Waals surface area contributed by atoms with E-state index in [9.17, 15) is 4.79 Å². The van der Waals surface area contributed by atoms with E-state index in [4.69, 9.17) is 14.2 Å². The number of esters is 1. The molecule has 0 saturated carbocycles. The molecule has 1 aliphatic rings. The summed E-state index contributed by atoms with van der Waals surface area (Å²) in [6.45, 7) is 0. The summed E-state index contributed by atoms with van der Waals surface area (Å²) in [5, 5.41) is 5.79. The summed E-state index contributed by atoms with van der Waals surface area (Å²) < 4.78 is 17.1. The minimum Gasteiger partial charge on any atom is -0.493 e. The van der Waals surface area contributed by atoms with Crippen LogP contribution < -0.4 is 14.8 Å². The highest BCUT2D eigenvalue weighted by atomic mass is 79.9. The number of hydrogen-bond acceptors (Lipinski definition) is 7. The Balaban J connectivity index is 1.62. The predicted octanol–water partition coefficient (Wildman–Crippen LogP) is 4.87. The van der Waals surface area contributed by atoms with Crippen LogP contribution in [0.1, 0.15) is 22.1 Å². The number of rotatable bonds is 5. The Morgan fingerprint density at radius 2 is 2.07 bits per heavy atom. The predicted molar refractivity (Wildman–Crippen MR) is 107 cm³/mol. The average Bonchev–Trinajstić information content (AvgIpc) is 3.26. The van der Waals surface area contributed by atoms with Gasteiger partial charge in [0.2, 0.25) is 6.23 Å². The van der Waals surface area contributed by atoms with Crippen LogP contribution in [0.2, 0.25) is 0 Å². The number of carbonyl (C=O) groups is 1. The van der Waals surface area contributed by atoms with Gasteiger partial charge in [-0.1, -0.05) is 28.1 Å². The summed E-state index contributed by atoms with van der Waals surface area (Å²) in [5.74, 6) is 0.403. The normalized spacial score (nSPS) is 15.2. The minimum atomic E-state index is -0.631. The fourth-order valence-electron chi connectivity index (χ4n) is 2.94. The first kappa shape index (κ1) is 17.8. The number of carbonyl (C=O) groups excluding carboxylic acids is 1. The van der Waals surface area contributed by atoms with E-state index >= 15 is 0 Å². The van der Waals surface area contributed by atoms with Gasteiger partial charge in [-0.2, -0.15) is 0 Å². The van der Waals surface area contributed by atoms with Gasteiger partial charge >= 0.3 is 5.97 Å². The smallest absolute Gasteiger partial charge is 0.344 e. The van der Waals surface area contributed by atoms with E-state index in [0.29, 0.717) is 27.8 Å². The quantitative estimate of drug-likeness (QED) is 0.563. The third kappa shape index (κ3) is 3.26. The first-order valence-corrected chi connectivity index (χ1v) is 9.72. The van der Waals surface area contributed by atoms with Gasteiger partial charge in [0.15, 0.2) is 16.6 Å². The highest BCUT2D eigenvalue weighted by Crippen LogP contribution is 2.42. The lowest BCUT2D eigenvalue weighted by Crippen LogP contribution is -2.10. The Hall–Kier alpha value is -2.58. The molecule has 0 fully saturated rings. The number of nitrogens with zero attached hydrogens (tertiary/aromatic N) is 1. The number of benzene rings is 2. The number of hydrogen-bond donors (Lipinski definition) is 1. The van der Waals surface area contributed by atoms with Gasteiger partial charge < -0.3 is 19.5 Å². The Labute approximate surface area is 168 Å². The Kier molecular flexibility index (Phi) is 4.75. The van der Waals surface area contributed by atoms with Crippen LogP contribution in [-0.2, 0) is 4.74 Å². The van der Waals surface area contributed by atoms with E-state index in [1.54, 1.807) is 12.1 Å². The molecule has 1 aliphatic heterocycles. The lowest BCUT2D eigenvalue weighted by Gasteiger charge is -2.13. The summed E-state index contributed by atoms with van der Waals surface area (Å²) in [4.78, 5) is 17.0. The molecule has 6 nitrogen and oxygen atoms in total. The second-order valence-electron chi connectivity index (χ2n) is 5.74. The van der Waals surface area contributed by atoms with Gasteiger partial charge in [-0.3, -0.25) is 0 Å². The van der Waals surface area contributed by atoms with Gasteiger partial charge in [0.05, 0.1) is 19.9 Å². The second kappa shape index (κ2) is 7.21.